The fourth-order valence-electron chi connectivity index (χ4n) is 2.91. The van der Waals surface area contributed by atoms with Crippen molar-refractivity contribution in [2.45, 2.75) is 18.9 Å². The van der Waals surface area contributed by atoms with E-state index < -0.39 is 0 Å². The van der Waals surface area contributed by atoms with E-state index in [0.717, 1.165) is 35.9 Å². The molecule has 1 atom stereocenters. The largest absolute Gasteiger partial charge is 0.482 e. The van der Waals surface area contributed by atoms with E-state index >= 15 is 0 Å². The lowest BCUT2D eigenvalue weighted by Gasteiger charge is -2.29. The number of carbonyl (C=O) groups is 2. The number of anilines is 1. The van der Waals surface area contributed by atoms with Gasteiger partial charge in [0.1, 0.15) is 5.75 Å². The Kier molecular flexibility index (Phi) is 5.98. The first-order valence-corrected chi connectivity index (χ1v) is 9.49. The van der Waals surface area contributed by atoms with Gasteiger partial charge in [0.15, 0.2) is 6.61 Å². The van der Waals surface area contributed by atoms with Gasteiger partial charge in [-0.3, -0.25) is 9.59 Å². The van der Waals surface area contributed by atoms with Crippen LogP contribution in [0.2, 0.25) is 0 Å². The molecule has 1 unspecified atom stereocenters. The van der Waals surface area contributed by atoms with E-state index in [2.05, 4.69) is 10.6 Å². The summed E-state index contributed by atoms with van der Waals surface area (Å²) in [6.07, 6.45) is 1.24. The van der Waals surface area contributed by atoms with E-state index in [4.69, 9.17) is 4.74 Å². The molecule has 0 saturated carbocycles. The Balaban J connectivity index is 1.41. The maximum Gasteiger partial charge on any atom is 0.265 e. The molecular formula is C17H23N3O3S. The summed E-state index contributed by atoms with van der Waals surface area (Å²) >= 11 is 1.89. The number of hydrogen-bond acceptors (Lipinski definition) is 5. The average molecular weight is 349 g/mol. The van der Waals surface area contributed by atoms with Crippen LogP contribution < -0.4 is 20.3 Å². The molecule has 2 aliphatic heterocycles. The maximum atomic E-state index is 12.1. The van der Waals surface area contributed by atoms with Crippen molar-refractivity contribution in [1.82, 2.24) is 10.6 Å². The van der Waals surface area contributed by atoms with Crippen LogP contribution in [-0.4, -0.2) is 55.6 Å². The lowest BCUT2D eigenvalue weighted by Crippen LogP contribution is -2.42. The van der Waals surface area contributed by atoms with Crippen LogP contribution in [0, 0.1) is 0 Å². The number of fused-ring (bicyclic) bond motifs is 1. The van der Waals surface area contributed by atoms with Crippen molar-refractivity contribution in [1.29, 1.82) is 0 Å². The van der Waals surface area contributed by atoms with E-state index in [0.29, 0.717) is 19.5 Å². The van der Waals surface area contributed by atoms with Gasteiger partial charge in [0.05, 0.1) is 5.69 Å². The Morgan fingerprint density at radius 1 is 1.42 bits per heavy atom. The summed E-state index contributed by atoms with van der Waals surface area (Å²) in [5, 5.41) is 6.31. The molecule has 6 nitrogen and oxygen atoms in total. The Labute approximate surface area is 146 Å². The van der Waals surface area contributed by atoms with Gasteiger partial charge in [0.25, 0.3) is 5.91 Å². The van der Waals surface area contributed by atoms with Crippen LogP contribution in [0.15, 0.2) is 24.3 Å². The molecule has 2 amide bonds. The number of para-hydroxylation sites is 2. The Bertz CT molecular complexity index is 590. The first kappa shape index (κ1) is 17.1. The number of hydrogen-bond donors (Lipinski definition) is 2. The summed E-state index contributed by atoms with van der Waals surface area (Å²) in [7, 11) is 0. The summed E-state index contributed by atoms with van der Waals surface area (Å²) in [6.45, 7) is 2.21. The third kappa shape index (κ3) is 4.42. The topological polar surface area (TPSA) is 70.7 Å². The van der Waals surface area contributed by atoms with Crippen LogP contribution in [0.3, 0.4) is 0 Å². The minimum Gasteiger partial charge on any atom is -0.482 e. The number of thioether (sulfide) groups is 1. The zero-order valence-corrected chi connectivity index (χ0v) is 14.4. The highest BCUT2D eigenvalue weighted by molar-refractivity contribution is 7.99. The van der Waals surface area contributed by atoms with Gasteiger partial charge >= 0.3 is 0 Å². The van der Waals surface area contributed by atoms with Crippen molar-refractivity contribution in [2.24, 2.45) is 0 Å². The van der Waals surface area contributed by atoms with Gasteiger partial charge in [-0.1, -0.05) is 12.1 Å². The standard InChI is InChI=1S/C17H23N3O3S/c21-16(10-13-12-24-9-7-18-13)19-6-3-8-20-14-4-1-2-5-15(14)23-11-17(20)22/h1-2,4-5,13,18H,3,6-12H2,(H,19,21). The number of rotatable bonds is 6. The zero-order chi connectivity index (χ0) is 16.8. The molecule has 24 heavy (non-hydrogen) atoms. The van der Waals surface area contributed by atoms with E-state index in [-0.39, 0.29) is 24.5 Å². The number of amides is 2. The van der Waals surface area contributed by atoms with Crippen LogP contribution in [0.4, 0.5) is 5.69 Å². The van der Waals surface area contributed by atoms with Crippen molar-refractivity contribution in [2.75, 3.05) is 42.6 Å². The molecule has 3 rings (SSSR count). The van der Waals surface area contributed by atoms with Gasteiger partial charge < -0.3 is 20.3 Å². The first-order valence-electron chi connectivity index (χ1n) is 8.34. The van der Waals surface area contributed by atoms with Crippen LogP contribution in [-0.2, 0) is 9.59 Å². The highest BCUT2D eigenvalue weighted by atomic mass is 32.2. The van der Waals surface area contributed by atoms with Gasteiger partial charge in [0, 0.05) is 43.6 Å². The Morgan fingerprint density at radius 3 is 3.12 bits per heavy atom. The zero-order valence-electron chi connectivity index (χ0n) is 13.6. The Hall–Kier alpha value is -1.73. The second kappa shape index (κ2) is 8.39. The molecular weight excluding hydrogens is 326 g/mol. The van der Waals surface area contributed by atoms with Gasteiger partial charge in [0.2, 0.25) is 5.91 Å². The lowest BCUT2D eigenvalue weighted by molar-refractivity contribution is -0.121. The lowest BCUT2D eigenvalue weighted by atomic mass is 10.2. The number of nitrogens with one attached hydrogen (secondary N) is 2. The summed E-state index contributed by atoms with van der Waals surface area (Å²) in [4.78, 5) is 25.8. The molecule has 2 aliphatic rings. The molecule has 7 heteroatoms. The van der Waals surface area contributed by atoms with E-state index in [1.807, 2.05) is 36.0 Å². The number of benzene rings is 1. The fourth-order valence-corrected chi connectivity index (χ4v) is 3.86. The summed E-state index contributed by atoms with van der Waals surface area (Å²) in [5.74, 6) is 2.88. The fraction of sp³-hybridized carbons (Fsp3) is 0.529. The van der Waals surface area contributed by atoms with Crippen LogP contribution in [0.1, 0.15) is 12.8 Å². The van der Waals surface area contributed by atoms with Crippen LogP contribution >= 0.6 is 11.8 Å². The third-order valence-electron chi connectivity index (χ3n) is 4.12. The molecule has 0 spiro atoms. The molecule has 1 aromatic rings. The molecule has 2 heterocycles. The molecule has 1 saturated heterocycles. The van der Waals surface area contributed by atoms with Crippen molar-refractivity contribution in [3.8, 4) is 5.75 Å². The first-order chi connectivity index (χ1) is 11.7. The van der Waals surface area contributed by atoms with Gasteiger partial charge in [-0.15, -0.1) is 0 Å². The molecule has 0 aromatic heterocycles. The molecule has 130 valence electrons. The van der Waals surface area contributed by atoms with E-state index in [1.165, 1.54) is 0 Å². The van der Waals surface area contributed by atoms with Crippen molar-refractivity contribution in [3.63, 3.8) is 0 Å². The highest BCUT2D eigenvalue weighted by Crippen LogP contribution is 2.31. The van der Waals surface area contributed by atoms with Crippen molar-refractivity contribution >= 4 is 29.3 Å². The average Bonchev–Trinajstić information content (AvgIpc) is 2.61. The summed E-state index contributed by atoms with van der Waals surface area (Å²) < 4.78 is 5.43. The van der Waals surface area contributed by atoms with E-state index in [9.17, 15) is 9.59 Å². The van der Waals surface area contributed by atoms with E-state index in [1.54, 1.807) is 4.90 Å². The summed E-state index contributed by atoms with van der Waals surface area (Å²) in [6, 6.07) is 7.81. The molecule has 0 aliphatic carbocycles. The molecule has 0 bridgehead atoms. The SMILES string of the molecule is O=C(CC1CSCCN1)NCCCN1C(=O)COc2ccccc21. The molecule has 0 radical (unpaired) electrons. The van der Waals surface area contributed by atoms with Crippen LogP contribution in [0.25, 0.3) is 0 Å². The predicted molar refractivity (Wildman–Crippen MR) is 95.6 cm³/mol. The van der Waals surface area contributed by atoms with Crippen molar-refractivity contribution in [3.05, 3.63) is 24.3 Å². The number of ether oxygens (including phenoxy) is 1. The molecule has 1 aromatic carbocycles. The quantitative estimate of drug-likeness (QED) is 0.750. The number of nitrogens with zero attached hydrogens (tertiary/aromatic N) is 1. The summed E-state index contributed by atoms with van der Waals surface area (Å²) in [5.41, 5.74) is 0.809. The molecule has 2 N–H and O–H groups in total. The normalized spacial score (nSPS) is 20.2. The van der Waals surface area contributed by atoms with Crippen LogP contribution in [0.5, 0.6) is 5.75 Å². The smallest absolute Gasteiger partial charge is 0.265 e. The predicted octanol–water partition coefficient (Wildman–Crippen LogP) is 1.01. The Morgan fingerprint density at radius 2 is 2.29 bits per heavy atom. The highest BCUT2D eigenvalue weighted by Gasteiger charge is 2.24. The maximum absolute atomic E-state index is 12.1. The second-order valence-electron chi connectivity index (χ2n) is 5.94. The second-order valence-corrected chi connectivity index (χ2v) is 7.09. The monoisotopic (exact) mass is 349 g/mol. The minimum atomic E-state index is -0.0385. The third-order valence-corrected chi connectivity index (χ3v) is 5.25. The van der Waals surface area contributed by atoms with Crippen molar-refractivity contribution < 1.29 is 14.3 Å². The van der Waals surface area contributed by atoms with Gasteiger partial charge in [-0.05, 0) is 18.6 Å². The van der Waals surface area contributed by atoms with Gasteiger partial charge in [-0.2, -0.15) is 11.8 Å². The number of carbonyl (C=O) groups excluding carboxylic acids is 2. The molecule has 1 fully saturated rings. The minimum absolute atomic E-state index is 0.0385. The van der Waals surface area contributed by atoms with Gasteiger partial charge in [-0.25, -0.2) is 0 Å².